The lowest BCUT2D eigenvalue weighted by molar-refractivity contribution is -0.133. The average molecular weight is 358 g/mol. The van der Waals surface area contributed by atoms with Crippen LogP contribution in [0.15, 0.2) is 24.3 Å². The van der Waals surface area contributed by atoms with Gasteiger partial charge in [0.25, 0.3) is 5.91 Å². The molecule has 1 N–H and O–H groups in total. The Kier molecular flexibility index (Phi) is 5.91. The van der Waals surface area contributed by atoms with Crippen molar-refractivity contribution in [3.8, 4) is 0 Å². The largest absolute Gasteiger partial charge is 0.478 e. The van der Waals surface area contributed by atoms with Crippen LogP contribution < -0.4 is 0 Å². The van der Waals surface area contributed by atoms with Crippen LogP contribution >= 0.6 is 0 Å². The molecule has 2 fully saturated rings. The Labute approximate surface area is 153 Å². The van der Waals surface area contributed by atoms with E-state index in [1.54, 1.807) is 17.0 Å². The molecule has 1 aromatic carbocycles. The van der Waals surface area contributed by atoms with Crippen molar-refractivity contribution in [1.29, 1.82) is 0 Å². The fraction of sp³-hybridized carbons (Fsp3) is 0.550. The molecule has 26 heavy (non-hydrogen) atoms. The summed E-state index contributed by atoms with van der Waals surface area (Å²) in [5.41, 5.74) is 0.650. The molecule has 2 aliphatic rings. The molecule has 1 aliphatic heterocycles. The highest BCUT2D eigenvalue weighted by Crippen LogP contribution is 2.27. The van der Waals surface area contributed by atoms with Crippen molar-refractivity contribution < 1.29 is 19.5 Å². The van der Waals surface area contributed by atoms with E-state index in [0.29, 0.717) is 44.1 Å². The fourth-order valence-corrected chi connectivity index (χ4v) is 3.86. The third-order valence-corrected chi connectivity index (χ3v) is 5.49. The molecule has 6 nitrogen and oxygen atoms in total. The number of amides is 2. The molecule has 6 heteroatoms. The SMILES string of the molecule is O=C(O)c1ccc(C(=O)N2CCN(C(=O)CC3CCCCC3)CC2)cc1. The number of carbonyl (C=O) groups excluding carboxylic acids is 2. The van der Waals surface area contributed by atoms with Gasteiger partial charge in [-0.1, -0.05) is 19.3 Å². The summed E-state index contributed by atoms with van der Waals surface area (Å²) < 4.78 is 0. The molecule has 0 radical (unpaired) electrons. The van der Waals surface area contributed by atoms with Crippen LogP contribution in [0.25, 0.3) is 0 Å². The van der Waals surface area contributed by atoms with E-state index in [1.807, 2.05) is 4.90 Å². The van der Waals surface area contributed by atoms with E-state index in [9.17, 15) is 14.4 Å². The lowest BCUT2D eigenvalue weighted by Gasteiger charge is -2.35. The van der Waals surface area contributed by atoms with E-state index >= 15 is 0 Å². The average Bonchev–Trinajstić information content (AvgIpc) is 2.68. The van der Waals surface area contributed by atoms with Crippen molar-refractivity contribution in [3.63, 3.8) is 0 Å². The molecule has 1 aromatic rings. The first-order valence-corrected chi connectivity index (χ1v) is 9.45. The first-order valence-electron chi connectivity index (χ1n) is 9.45. The number of rotatable bonds is 4. The minimum Gasteiger partial charge on any atom is -0.478 e. The van der Waals surface area contributed by atoms with E-state index in [1.165, 1.54) is 31.4 Å². The van der Waals surface area contributed by atoms with Crippen LogP contribution in [0.4, 0.5) is 0 Å². The van der Waals surface area contributed by atoms with Gasteiger partial charge in [-0.2, -0.15) is 0 Å². The molecule has 1 saturated carbocycles. The molecule has 1 aliphatic carbocycles. The molecule has 0 atom stereocenters. The molecule has 0 bridgehead atoms. The molecular weight excluding hydrogens is 332 g/mol. The zero-order chi connectivity index (χ0) is 18.5. The molecule has 0 aromatic heterocycles. The summed E-state index contributed by atoms with van der Waals surface area (Å²) >= 11 is 0. The third kappa shape index (κ3) is 4.42. The summed E-state index contributed by atoms with van der Waals surface area (Å²) in [4.78, 5) is 39.5. The third-order valence-electron chi connectivity index (χ3n) is 5.49. The summed E-state index contributed by atoms with van der Waals surface area (Å²) in [5, 5.41) is 8.93. The van der Waals surface area contributed by atoms with Gasteiger partial charge >= 0.3 is 5.97 Å². The van der Waals surface area contributed by atoms with Gasteiger partial charge in [-0.15, -0.1) is 0 Å². The van der Waals surface area contributed by atoms with Crippen molar-refractivity contribution in [2.75, 3.05) is 26.2 Å². The predicted molar refractivity (Wildman–Crippen MR) is 97.1 cm³/mol. The van der Waals surface area contributed by atoms with E-state index < -0.39 is 5.97 Å². The number of carbonyl (C=O) groups is 3. The predicted octanol–water partition coefficient (Wildman–Crippen LogP) is 2.64. The second-order valence-corrected chi connectivity index (χ2v) is 7.26. The van der Waals surface area contributed by atoms with Gasteiger partial charge in [0.05, 0.1) is 5.56 Å². The van der Waals surface area contributed by atoms with Gasteiger partial charge in [0.15, 0.2) is 0 Å². The number of benzene rings is 1. The van der Waals surface area contributed by atoms with Crippen LogP contribution in [0, 0.1) is 5.92 Å². The zero-order valence-corrected chi connectivity index (χ0v) is 15.0. The minimum absolute atomic E-state index is 0.110. The molecular formula is C20H26N2O4. The van der Waals surface area contributed by atoms with Gasteiger partial charge in [-0.3, -0.25) is 9.59 Å². The van der Waals surface area contributed by atoms with Crippen LogP contribution in [0.5, 0.6) is 0 Å². The summed E-state index contributed by atoms with van der Waals surface area (Å²) in [6, 6.07) is 5.98. The summed E-state index contributed by atoms with van der Waals surface area (Å²) in [6.07, 6.45) is 6.73. The lowest BCUT2D eigenvalue weighted by Crippen LogP contribution is -2.50. The van der Waals surface area contributed by atoms with Crippen molar-refractivity contribution >= 4 is 17.8 Å². The van der Waals surface area contributed by atoms with E-state index in [0.717, 1.165) is 12.8 Å². The van der Waals surface area contributed by atoms with Crippen molar-refractivity contribution in [1.82, 2.24) is 9.80 Å². The molecule has 140 valence electrons. The van der Waals surface area contributed by atoms with Gasteiger partial charge in [0.1, 0.15) is 0 Å². The van der Waals surface area contributed by atoms with Crippen LogP contribution in [-0.4, -0.2) is 58.9 Å². The topological polar surface area (TPSA) is 77.9 Å². The van der Waals surface area contributed by atoms with E-state index in [2.05, 4.69) is 0 Å². The maximum atomic E-state index is 12.5. The molecule has 0 unspecified atom stereocenters. The van der Waals surface area contributed by atoms with Gasteiger partial charge in [-0.05, 0) is 43.0 Å². The number of carboxylic acid groups (broad SMARTS) is 1. The Morgan fingerprint density at radius 3 is 1.96 bits per heavy atom. The van der Waals surface area contributed by atoms with Crippen molar-refractivity contribution in [2.45, 2.75) is 38.5 Å². The molecule has 0 spiro atoms. The highest BCUT2D eigenvalue weighted by molar-refractivity contribution is 5.96. The standard InChI is InChI=1S/C20H26N2O4/c23-18(14-15-4-2-1-3-5-15)21-10-12-22(13-11-21)19(24)16-6-8-17(9-7-16)20(25)26/h6-9,15H,1-5,10-14H2,(H,25,26). The van der Waals surface area contributed by atoms with E-state index in [-0.39, 0.29) is 17.4 Å². The summed E-state index contributed by atoms with van der Waals surface area (Å²) in [5.74, 6) is -0.367. The Morgan fingerprint density at radius 1 is 0.846 bits per heavy atom. The van der Waals surface area contributed by atoms with Crippen LogP contribution in [0.1, 0.15) is 59.2 Å². The van der Waals surface area contributed by atoms with Crippen molar-refractivity contribution in [3.05, 3.63) is 35.4 Å². The zero-order valence-electron chi connectivity index (χ0n) is 15.0. The maximum Gasteiger partial charge on any atom is 0.335 e. The minimum atomic E-state index is -1.01. The molecule has 3 rings (SSSR count). The number of hydrogen-bond acceptors (Lipinski definition) is 3. The molecule has 1 heterocycles. The first-order chi connectivity index (χ1) is 12.5. The summed E-state index contributed by atoms with van der Waals surface area (Å²) in [6.45, 7) is 2.20. The Balaban J connectivity index is 1.50. The lowest BCUT2D eigenvalue weighted by atomic mass is 9.86. The van der Waals surface area contributed by atoms with Gasteiger partial charge in [0.2, 0.25) is 5.91 Å². The number of aromatic carboxylic acids is 1. The van der Waals surface area contributed by atoms with Gasteiger partial charge in [-0.25, -0.2) is 4.79 Å². The van der Waals surface area contributed by atoms with Gasteiger partial charge < -0.3 is 14.9 Å². The molecule has 2 amide bonds. The van der Waals surface area contributed by atoms with Crippen molar-refractivity contribution in [2.24, 2.45) is 5.92 Å². The fourth-order valence-electron chi connectivity index (χ4n) is 3.86. The van der Waals surface area contributed by atoms with E-state index in [4.69, 9.17) is 5.11 Å². The summed E-state index contributed by atoms with van der Waals surface area (Å²) in [7, 11) is 0. The molecule has 1 saturated heterocycles. The monoisotopic (exact) mass is 358 g/mol. The number of carboxylic acids is 1. The van der Waals surface area contributed by atoms with Crippen LogP contribution in [0.3, 0.4) is 0 Å². The smallest absolute Gasteiger partial charge is 0.335 e. The number of piperazine rings is 1. The highest BCUT2D eigenvalue weighted by Gasteiger charge is 2.26. The normalized spacial score (nSPS) is 18.6. The number of hydrogen-bond donors (Lipinski definition) is 1. The second kappa shape index (κ2) is 8.34. The van der Waals surface area contributed by atoms with Crippen LogP contribution in [-0.2, 0) is 4.79 Å². The maximum absolute atomic E-state index is 12.5. The van der Waals surface area contributed by atoms with Crippen LogP contribution in [0.2, 0.25) is 0 Å². The first kappa shape index (κ1) is 18.4. The highest BCUT2D eigenvalue weighted by atomic mass is 16.4. The number of nitrogens with zero attached hydrogens (tertiary/aromatic N) is 2. The Hall–Kier alpha value is -2.37. The van der Waals surface area contributed by atoms with Gasteiger partial charge in [0, 0.05) is 38.2 Å². The Morgan fingerprint density at radius 2 is 1.38 bits per heavy atom. The second-order valence-electron chi connectivity index (χ2n) is 7.26. The Bertz CT molecular complexity index is 657. The quantitative estimate of drug-likeness (QED) is 0.897.